The Morgan fingerprint density at radius 2 is 2.00 bits per heavy atom. The van der Waals surface area contributed by atoms with E-state index >= 15 is 0 Å². The largest absolute Gasteiger partial charge is 0.493 e. The van der Waals surface area contributed by atoms with Crippen LogP contribution in [0, 0.1) is 13.8 Å². The third kappa shape index (κ3) is 3.37. The molecule has 0 saturated heterocycles. The van der Waals surface area contributed by atoms with Gasteiger partial charge in [-0.1, -0.05) is 38.5 Å². The van der Waals surface area contributed by atoms with Crippen molar-refractivity contribution in [2.75, 3.05) is 5.32 Å². The summed E-state index contributed by atoms with van der Waals surface area (Å²) < 4.78 is 0. The lowest BCUT2D eigenvalue weighted by atomic mass is 9.99. The molecule has 0 saturated carbocycles. The van der Waals surface area contributed by atoms with Crippen molar-refractivity contribution < 1.29 is 5.11 Å². The summed E-state index contributed by atoms with van der Waals surface area (Å²) in [6.45, 7) is 7.82. The Morgan fingerprint density at radius 1 is 1.23 bits per heavy atom. The van der Waals surface area contributed by atoms with Crippen LogP contribution in [0.15, 0.2) is 23.0 Å². The number of hydrogen-bond acceptors (Lipinski definition) is 6. The molecular formula is C19H23N5O2. The molecule has 0 aliphatic rings. The molecule has 0 aliphatic carbocycles. The van der Waals surface area contributed by atoms with E-state index in [0.29, 0.717) is 11.5 Å². The molecule has 0 spiro atoms. The number of nitrogens with one attached hydrogen (secondary N) is 2. The molecule has 0 bridgehead atoms. The summed E-state index contributed by atoms with van der Waals surface area (Å²) in [6.07, 6.45) is 1.72. The van der Waals surface area contributed by atoms with Gasteiger partial charge in [0, 0.05) is 5.39 Å². The molecule has 136 valence electrons. The van der Waals surface area contributed by atoms with E-state index in [9.17, 15) is 9.90 Å². The summed E-state index contributed by atoms with van der Waals surface area (Å²) in [4.78, 5) is 28.0. The molecule has 3 aromatic rings. The SMILES string of the molecule is CCC[C@H](C)c1c(O)nc(Nc2nc(C)c3cccc(C)c3n2)[nH]c1=O. The van der Waals surface area contributed by atoms with Gasteiger partial charge in [0.1, 0.15) is 0 Å². The zero-order valence-corrected chi connectivity index (χ0v) is 15.4. The third-order valence-corrected chi connectivity index (χ3v) is 4.50. The van der Waals surface area contributed by atoms with Gasteiger partial charge in [0.05, 0.1) is 16.8 Å². The topological polar surface area (TPSA) is 104 Å². The normalized spacial score (nSPS) is 12.3. The van der Waals surface area contributed by atoms with Gasteiger partial charge in [-0.05, 0) is 31.7 Å². The first-order valence-electron chi connectivity index (χ1n) is 8.74. The van der Waals surface area contributed by atoms with Crippen LogP contribution in [0.4, 0.5) is 11.9 Å². The summed E-state index contributed by atoms with van der Waals surface area (Å²) in [5.74, 6) is 0.117. The van der Waals surface area contributed by atoms with Gasteiger partial charge in [-0.15, -0.1) is 0 Å². The Hall–Kier alpha value is -2.96. The Bertz CT molecular complexity index is 1010. The minimum atomic E-state index is -0.352. The number of aryl methyl sites for hydroxylation is 2. The third-order valence-electron chi connectivity index (χ3n) is 4.50. The molecule has 3 rings (SSSR count). The molecule has 0 radical (unpaired) electrons. The van der Waals surface area contributed by atoms with E-state index in [0.717, 1.165) is 35.0 Å². The molecule has 2 aromatic heterocycles. The van der Waals surface area contributed by atoms with E-state index in [1.165, 1.54) is 0 Å². The Balaban J connectivity index is 1.98. The van der Waals surface area contributed by atoms with E-state index in [2.05, 4.69) is 25.3 Å². The minimum Gasteiger partial charge on any atom is -0.493 e. The molecular weight excluding hydrogens is 330 g/mol. The average Bonchev–Trinajstić information content (AvgIpc) is 2.55. The zero-order chi connectivity index (χ0) is 18.8. The molecule has 1 aromatic carbocycles. The van der Waals surface area contributed by atoms with Crippen LogP contribution in [0.5, 0.6) is 5.88 Å². The van der Waals surface area contributed by atoms with Gasteiger partial charge < -0.3 is 5.11 Å². The van der Waals surface area contributed by atoms with Crippen molar-refractivity contribution in [3.63, 3.8) is 0 Å². The maximum absolute atomic E-state index is 12.4. The lowest BCUT2D eigenvalue weighted by molar-refractivity contribution is 0.436. The molecule has 1 atom stereocenters. The molecule has 0 fully saturated rings. The number of rotatable bonds is 5. The Labute approximate surface area is 151 Å². The predicted octanol–water partition coefficient (Wildman–Crippen LogP) is 3.68. The maximum atomic E-state index is 12.4. The first kappa shape index (κ1) is 17.8. The van der Waals surface area contributed by atoms with Crippen LogP contribution in [0.25, 0.3) is 10.9 Å². The molecule has 26 heavy (non-hydrogen) atoms. The smallest absolute Gasteiger partial charge is 0.259 e. The predicted molar refractivity (Wildman–Crippen MR) is 102 cm³/mol. The monoisotopic (exact) mass is 353 g/mol. The van der Waals surface area contributed by atoms with Gasteiger partial charge in [0.15, 0.2) is 0 Å². The number of H-pyrrole nitrogens is 1. The fourth-order valence-electron chi connectivity index (χ4n) is 3.16. The van der Waals surface area contributed by atoms with Crippen molar-refractivity contribution in [2.24, 2.45) is 0 Å². The van der Waals surface area contributed by atoms with Crippen molar-refractivity contribution in [2.45, 2.75) is 46.5 Å². The number of nitrogens with zero attached hydrogens (tertiary/aromatic N) is 3. The number of benzene rings is 1. The van der Waals surface area contributed by atoms with Gasteiger partial charge in [-0.2, -0.15) is 4.98 Å². The second kappa shape index (κ2) is 7.11. The van der Waals surface area contributed by atoms with Crippen molar-refractivity contribution >= 4 is 22.8 Å². The van der Waals surface area contributed by atoms with Crippen LogP contribution in [0.1, 0.15) is 49.4 Å². The molecule has 0 aliphatic heterocycles. The van der Waals surface area contributed by atoms with E-state index in [1.54, 1.807) is 0 Å². The van der Waals surface area contributed by atoms with Crippen LogP contribution in [-0.2, 0) is 0 Å². The molecule has 0 amide bonds. The number of para-hydroxylation sites is 1. The molecule has 3 N–H and O–H groups in total. The highest BCUT2D eigenvalue weighted by Gasteiger charge is 2.17. The van der Waals surface area contributed by atoms with E-state index in [-0.39, 0.29) is 23.3 Å². The lowest BCUT2D eigenvalue weighted by Crippen LogP contribution is -2.18. The second-order valence-electron chi connectivity index (χ2n) is 6.57. The summed E-state index contributed by atoms with van der Waals surface area (Å²) in [5, 5.41) is 14.1. The highest BCUT2D eigenvalue weighted by molar-refractivity contribution is 5.84. The number of aromatic nitrogens is 4. The number of aromatic hydroxyl groups is 1. The molecule has 0 unspecified atom stereocenters. The summed E-state index contributed by atoms with van der Waals surface area (Å²) >= 11 is 0. The lowest BCUT2D eigenvalue weighted by Gasteiger charge is -2.12. The van der Waals surface area contributed by atoms with Crippen molar-refractivity contribution in [3.8, 4) is 5.88 Å². The van der Waals surface area contributed by atoms with Crippen LogP contribution >= 0.6 is 0 Å². The van der Waals surface area contributed by atoms with Gasteiger partial charge in [-0.25, -0.2) is 9.97 Å². The van der Waals surface area contributed by atoms with E-state index < -0.39 is 0 Å². The number of aromatic amines is 1. The van der Waals surface area contributed by atoms with Crippen molar-refractivity contribution in [1.29, 1.82) is 0 Å². The first-order chi connectivity index (χ1) is 12.4. The number of anilines is 2. The van der Waals surface area contributed by atoms with Gasteiger partial charge in [0.25, 0.3) is 5.56 Å². The summed E-state index contributed by atoms with van der Waals surface area (Å²) in [6, 6.07) is 5.92. The quantitative estimate of drug-likeness (QED) is 0.646. The maximum Gasteiger partial charge on any atom is 0.259 e. The zero-order valence-electron chi connectivity index (χ0n) is 15.4. The summed E-state index contributed by atoms with van der Waals surface area (Å²) in [5.41, 5.74) is 2.64. The molecule has 7 nitrogen and oxygen atoms in total. The van der Waals surface area contributed by atoms with Gasteiger partial charge in [-0.3, -0.25) is 15.1 Å². The average molecular weight is 353 g/mol. The number of fused-ring (bicyclic) bond motifs is 1. The van der Waals surface area contributed by atoms with Gasteiger partial charge in [0.2, 0.25) is 17.8 Å². The van der Waals surface area contributed by atoms with Crippen molar-refractivity contribution in [3.05, 3.63) is 45.4 Å². The van der Waals surface area contributed by atoms with Gasteiger partial charge >= 0.3 is 0 Å². The van der Waals surface area contributed by atoms with Crippen LogP contribution in [0.3, 0.4) is 0 Å². The Morgan fingerprint density at radius 3 is 2.69 bits per heavy atom. The molecule has 7 heteroatoms. The second-order valence-corrected chi connectivity index (χ2v) is 6.57. The number of hydrogen-bond donors (Lipinski definition) is 3. The standard InChI is InChI=1S/C19H23N5O2/c1-5-7-10(2)14-16(25)22-19(23-17(14)26)24-18-20-12(4)13-9-6-8-11(3)15(13)21-18/h6,8-10H,5,7H2,1-4H3,(H3,20,21,22,23,24,25,26)/t10-/m0/s1. The molecule has 2 heterocycles. The van der Waals surface area contributed by atoms with Crippen LogP contribution in [0.2, 0.25) is 0 Å². The summed E-state index contributed by atoms with van der Waals surface area (Å²) in [7, 11) is 0. The van der Waals surface area contributed by atoms with E-state index in [4.69, 9.17) is 0 Å². The van der Waals surface area contributed by atoms with Crippen LogP contribution < -0.4 is 10.9 Å². The highest BCUT2D eigenvalue weighted by Crippen LogP contribution is 2.25. The first-order valence-corrected chi connectivity index (χ1v) is 8.74. The minimum absolute atomic E-state index is 0.0629. The Kier molecular flexibility index (Phi) is 4.88. The van der Waals surface area contributed by atoms with Crippen molar-refractivity contribution in [1.82, 2.24) is 19.9 Å². The van der Waals surface area contributed by atoms with Crippen LogP contribution in [-0.4, -0.2) is 25.0 Å². The van der Waals surface area contributed by atoms with E-state index in [1.807, 2.05) is 45.9 Å². The fraction of sp³-hybridized carbons (Fsp3) is 0.368. The highest BCUT2D eigenvalue weighted by atomic mass is 16.3. The fourth-order valence-corrected chi connectivity index (χ4v) is 3.16.